The Kier molecular flexibility index (Phi) is 6.64. The number of aromatic amines is 1. The second-order valence-electron chi connectivity index (χ2n) is 10.5. The standard InChI is InChI=1S/C30H29ClN8O2/c31-23-5-2-1-4-21(23)22-16-38(29-26(22)27(34-18-35-29)19-7-12-32-13-8-19)17-25(40)37-14-9-20(10-15-37)39-24-6-3-11-33-28(24)36-30(39)41/h1-7,11,16,18,20,32H,8-10,12-15,17H2,(H,33,36,41). The van der Waals surface area contributed by atoms with Gasteiger partial charge >= 0.3 is 5.69 Å². The van der Waals surface area contributed by atoms with Gasteiger partial charge in [-0.05, 0) is 49.6 Å². The molecular formula is C30H29ClN8O2. The van der Waals surface area contributed by atoms with Crippen LogP contribution in [0.1, 0.15) is 31.0 Å². The van der Waals surface area contributed by atoms with Crippen molar-refractivity contribution < 1.29 is 4.79 Å². The molecule has 7 rings (SSSR count). The molecule has 1 aromatic carbocycles. The number of amides is 1. The van der Waals surface area contributed by atoms with Crippen LogP contribution in [0.5, 0.6) is 0 Å². The van der Waals surface area contributed by atoms with Gasteiger partial charge in [-0.15, -0.1) is 0 Å². The van der Waals surface area contributed by atoms with Gasteiger partial charge in [-0.25, -0.2) is 19.7 Å². The van der Waals surface area contributed by atoms with Gasteiger partial charge in [0.15, 0.2) is 5.65 Å². The first-order valence-corrected chi connectivity index (χ1v) is 14.3. The number of H-pyrrole nitrogens is 1. The number of hydrogen-bond donors (Lipinski definition) is 2. The van der Waals surface area contributed by atoms with E-state index in [1.165, 1.54) is 5.57 Å². The van der Waals surface area contributed by atoms with Crippen molar-refractivity contribution in [1.82, 2.24) is 39.3 Å². The van der Waals surface area contributed by atoms with Crippen LogP contribution in [0, 0.1) is 0 Å². The number of hydrogen-bond acceptors (Lipinski definition) is 6. The maximum atomic E-state index is 13.6. The molecule has 0 aliphatic carbocycles. The Labute approximate surface area is 240 Å². The highest BCUT2D eigenvalue weighted by atomic mass is 35.5. The Balaban J connectivity index is 1.18. The molecule has 1 saturated heterocycles. The maximum Gasteiger partial charge on any atom is 0.327 e. The summed E-state index contributed by atoms with van der Waals surface area (Å²) in [7, 11) is 0. The second kappa shape index (κ2) is 10.6. The fourth-order valence-corrected chi connectivity index (χ4v) is 6.39. The fraction of sp³-hybridized carbons (Fsp3) is 0.300. The third-order valence-electron chi connectivity index (χ3n) is 8.16. The molecule has 2 aliphatic rings. The van der Waals surface area contributed by atoms with Crippen LogP contribution in [-0.2, 0) is 11.3 Å². The first-order valence-electron chi connectivity index (χ1n) is 13.9. The van der Waals surface area contributed by atoms with E-state index in [2.05, 4.69) is 26.3 Å². The predicted molar refractivity (Wildman–Crippen MR) is 159 cm³/mol. The van der Waals surface area contributed by atoms with Crippen LogP contribution >= 0.6 is 11.6 Å². The van der Waals surface area contributed by atoms with Gasteiger partial charge in [-0.2, -0.15) is 0 Å². The minimum absolute atomic E-state index is 0.0114. The Hall–Kier alpha value is -4.28. The van der Waals surface area contributed by atoms with Crippen molar-refractivity contribution in [2.45, 2.75) is 31.8 Å². The Morgan fingerprint density at radius 3 is 2.71 bits per heavy atom. The van der Waals surface area contributed by atoms with E-state index < -0.39 is 0 Å². The van der Waals surface area contributed by atoms with Crippen LogP contribution in [0.4, 0.5) is 0 Å². The number of likely N-dealkylation sites (tertiary alicyclic amines) is 1. The lowest BCUT2D eigenvalue weighted by Crippen LogP contribution is -2.41. The number of piperidine rings is 1. The highest BCUT2D eigenvalue weighted by Gasteiger charge is 2.28. The van der Waals surface area contributed by atoms with Gasteiger partial charge < -0.3 is 14.8 Å². The number of fused-ring (bicyclic) bond motifs is 2. The average Bonchev–Trinajstić information content (AvgIpc) is 3.54. The van der Waals surface area contributed by atoms with E-state index in [0.29, 0.717) is 42.2 Å². The van der Waals surface area contributed by atoms with Crippen molar-refractivity contribution >= 4 is 45.3 Å². The number of carbonyl (C=O) groups excluding carboxylic acids is 1. The molecule has 41 heavy (non-hydrogen) atoms. The molecule has 11 heteroatoms. The number of nitrogens with zero attached hydrogens (tertiary/aromatic N) is 6. The molecule has 6 heterocycles. The first-order chi connectivity index (χ1) is 20.1. The fourth-order valence-electron chi connectivity index (χ4n) is 6.15. The van der Waals surface area contributed by atoms with Gasteiger partial charge in [-0.1, -0.05) is 35.9 Å². The van der Waals surface area contributed by atoms with Gasteiger partial charge in [0, 0.05) is 54.2 Å². The number of halogens is 1. The van der Waals surface area contributed by atoms with Gasteiger partial charge in [-0.3, -0.25) is 14.3 Å². The Morgan fingerprint density at radius 2 is 1.90 bits per heavy atom. The summed E-state index contributed by atoms with van der Waals surface area (Å²) in [6.45, 7) is 2.96. The lowest BCUT2D eigenvalue weighted by Gasteiger charge is -2.32. The number of rotatable bonds is 5. The number of carbonyl (C=O) groups is 1. The zero-order valence-corrected chi connectivity index (χ0v) is 23.1. The van der Waals surface area contributed by atoms with Crippen molar-refractivity contribution in [1.29, 1.82) is 0 Å². The highest BCUT2D eigenvalue weighted by Crippen LogP contribution is 2.38. The van der Waals surface area contributed by atoms with Crippen LogP contribution in [-0.4, -0.2) is 66.1 Å². The summed E-state index contributed by atoms with van der Waals surface area (Å²) in [5, 5.41) is 4.91. The van der Waals surface area contributed by atoms with Crippen LogP contribution in [0.25, 0.3) is 38.9 Å². The van der Waals surface area contributed by atoms with E-state index >= 15 is 0 Å². The van der Waals surface area contributed by atoms with Crippen LogP contribution < -0.4 is 11.0 Å². The van der Waals surface area contributed by atoms with Crippen LogP contribution in [0.15, 0.2) is 66.0 Å². The lowest BCUT2D eigenvalue weighted by molar-refractivity contribution is -0.133. The normalized spacial score (nSPS) is 16.4. The number of pyridine rings is 1. The molecular weight excluding hydrogens is 540 g/mol. The van der Waals surface area contributed by atoms with Gasteiger partial charge in [0.25, 0.3) is 0 Å². The number of benzene rings is 1. The van der Waals surface area contributed by atoms with E-state index in [4.69, 9.17) is 16.6 Å². The second-order valence-corrected chi connectivity index (χ2v) is 10.9. The van der Waals surface area contributed by atoms with Gasteiger partial charge in [0.05, 0.1) is 16.6 Å². The topological polar surface area (TPSA) is 114 Å². The molecule has 0 unspecified atom stereocenters. The molecule has 10 nitrogen and oxygen atoms in total. The molecule has 0 atom stereocenters. The molecule has 5 aromatic rings. The van der Waals surface area contributed by atoms with Crippen molar-refractivity contribution in [3.8, 4) is 11.1 Å². The summed E-state index contributed by atoms with van der Waals surface area (Å²) in [5.41, 5.74) is 5.79. The van der Waals surface area contributed by atoms with Crippen LogP contribution in [0.2, 0.25) is 5.02 Å². The summed E-state index contributed by atoms with van der Waals surface area (Å²) in [6.07, 6.45) is 9.65. The monoisotopic (exact) mass is 568 g/mol. The van der Waals surface area contributed by atoms with E-state index in [0.717, 1.165) is 47.2 Å². The summed E-state index contributed by atoms with van der Waals surface area (Å²) >= 11 is 6.66. The largest absolute Gasteiger partial charge is 0.341 e. The lowest BCUT2D eigenvalue weighted by atomic mass is 9.98. The molecule has 0 radical (unpaired) electrons. The molecule has 2 N–H and O–H groups in total. The average molecular weight is 569 g/mol. The highest BCUT2D eigenvalue weighted by molar-refractivity contribution is 6.33. The molecule has 0 bridgehead atoms. The summed E-state index contributed by atoms with van der Waals surface area (Å²) < 4.78 is 3.71. The van der Waals surface area contributed by atoms with E-state index in [-0.39, 0.29) is 24.2 Å². The predicted octanol–water partition coefficient (Wildman–Crippen LogP) is 4.03. The summed E-state index contributed by atoms with van der Waals surface area (Å²) in [5.74, 6) is 0.0141. The minimum Gasteiger partial charge on any atom is -0.341 e. The van der Waals surface area contributed by atoms with E-state index in [1.54, 1.807) is 17.1 Å². The van der Waals surface area contributed by atoms with Gasteiger partial charge in [0.2, 0.25) is 5.91 Å². The quantitative estimate of drug-likeness (QED) is 0.331. The van der Waals surface area contributed by atoms with E-state index in [1.807, 2.05) is 52.1 Å². The Morgan fingerprint density at radius 1 is 1.05 bits per heavy atom. The van der Waals surface area contributed by atoms with Crippen molar-refractivity contribution in [3.63, 3.8) is 0 Å². The van der Waals surface area contributed by atoms with E-state index in [9.17, 15) is 9.59 Å². The SMILES string of the molecule is O=C(Cn1cc(-c2ccccc2Cl)c2c(C3=CCNCC3)ncnc21)N1CCC(n2c(=O)[nH]c3ncccc32)CC1. The third kappa shape index (κ3) is 4.62. The van der Waals surface area contributed by atoms with Crippen molar-refractivity contribution in [2.75, 3.05) is 26.2 Å². The molecule has 208 valence electrons. The zero-order valence-electron chi connectivity index (χ0n) is 22.4. The first kappa shape index (κ1) is 25.7. The minimum atomic E-state index is -0.159. The number of nitrogens with one attached hydrogen (secondary N) is 2. The zero-order chi connectivity index (χ0) is 27.9. The smallest absolute Gasteiger partial charge is 0.327 e. The van der Waals surface area contributed by atoms with Gasteiger partial charge in [0.1, 0.15) is 18.5 Å². The van der Waals surface area contributed by atoms with Crippen molar-refractivity contribution in [2.24, 2.45) is 0 Å². The molecule has 0 spiro atoms. The maximum absolute atomic E-state index is 13.6. The molecule has 0 saturated carbocycles. The molecule has 4 aromatic heterocycles. The Bertz CT molecular complexity index is 1860. The summed E-state index contributed by atoms with van der Waals surface area (Å²) in [6, 6.07) is 11.5. The summed E-state index contributed by atoms with van der Waals surface area (Å²) in [4.78, 5) is 44.6. The molecule has 1 fully saturated rings. The number of imidazole rings is 1. The molecule has 2 aliphatic heterocycles. The van der Waals surface area contributed by atoms with Crippen molar-refractivity contribution in [3.05, 3.63) is 82.4 Å². The molecule has 1 amide bonds. The third-order valence-corrected chi connectivity index (χ3v) is 8.49. The van der Waals surface area contributed by atoms with Crippen LogP contribution in [0.3, 0.4) is 0 Å². The number of aromatic nitrogens is 6.